The zero-order chi connectivity index (χ0) is 25.6. The molecule has 1 amide bonds. The van der Waals surface area contributed by atoms with Gasteiger partial charge < -0.3 is 15.0 Å². The van der Waals surface area contributed by atoms with E-state index in [4.69, 9.17) is 4.74 Å². The summed E-state index contributed by atoms with van der Waals surface area (Å²) in [4.78, 5) is 15.0. The van der Waals surface area contributed by atoms with Crippen molar-refractivity contribution in [3.63, 3.8) is 0 Å². The van der Waals surface area contributed by atoms with Crippen LogP contribution in [0.3, 0.4) is 0 Å². The molecule has 1 aliphatic rings. The van der Waals surface area contributed by atoms with E-state index in [1.54, 1.807) is 40.1 Å². The largest absolute Gasteiger partial charge is 0.378 e. The Morgan fingerprint density at radius 2 is 1.89 bits per heavy atom. The number of pyridine rings is 1. The minimum atomic E-state index is -0.778. The van der Waals surface area contributed by atoms with Gasteiger partial charge in [-0.1, -0.05) is 0 Å². The third kappa shape index (κ3) is 4.30. The molecule has 1 aromatic carbocycles. The van der Waals surface area contributed by atoms with Crippen LogP contribution < -0.4 is 10.2 Å². The summed E-state index contributed by atoms with van der Waals surface area (Å²) in [6, 6.07) is 4.89. The molecule has 0 bridgehead atoms. The lowest BCUT2D eigenvalue weighted by Gasteiger charge is -2.29. The molecule has 0 atom stereocenters. The molecule has 0 spiro atoms. The number of carbonyl (C=O) groups excluding carboxylic acids is 1. The molecule has 1 saturated heterocycles. The maximum Gasteiger partial charge on any atom is 0.262 e. The first-order valence-corrected chi connectivity index (χ1v) is 11.7. The van der Waals surface area contributed by atoms with Crippen molar-refractivity contribution >= 4 is 22.9 Å². The molecule has 188 valence electrons. The molecule has 4 aromatic rings. The molecule has 0 saturated carbocycles. The number of benzene rings is 1. The van der Waals surface area contributed by atoms with Crippen LogP contribution in [-0.2, 0) is 10.3 Å². The first-order valence-electron chi connectivity index (χ1n) is 11.7. The van der Waals surface area contributed by atoms with Gasteiger partial charge in [-0.15, -0.1) is 10.2 Å². The van der Waals surface area contributed by atoms with E-state index in [0.29, 0.717) is 43.1 Å². The predicted molar refractivity (Wildman–Crippen MR) is 131 cm³/mol. The summed E-state index contributed by atoms with van der Waals surface area (Å²) in [5, 5.41) is 14.8. The average Bonchev–Trinajstić information content (AvgIpc) is 3.47. The van der Waals surface area contributed by atoms with E-state index in [-0.39, 0.29) is 11.3 Å². The van der Waals surface area contributed by atoms with Crippen LogP contribution in [0.1, 0.15) is 36.7 Å². The minimum Gasteiger partial charge on any atom is -0.378 e. The summed E-state index contributed by atoms with van der Waals surface area (Å²) in [5.74, 6) is -2.17. The number of ether oxygens (including phenoxy) is 1. The monoisotopic (exact) mass is 495 g/mol. The standard InChI is InChI=1S/C25H27F2N7O2/c1-15-9-19(26)20(30-24(35)18-12-29-34(22(18)27)25(2,3)4)11-17(15)16-10-21(32-5-7-36-8-6-32)23-31-28-14-33(23)13-16/h9-14H,5-8H2,1-4H3,(H,30,35). The van der Waals surface area contributed by atoms with Crippen LogP contribution in [0.2, 0.25) is 0 Å². The fourth-order valence-electron chi connectivity index (χ4n) is 4.33. The smallest absolute Gasteiger partial charge is 0.262 e. The van der Waals surface area contributed by atoms with E-state index in [1.807, 2.05) is 16.7 Å². The lowest BCUT2D eigenvalue weighted by Crippen LogP contribution is -2.36. The van der Waals surface area contributed by atoms with Gasteiger partial charge in [-0.05, 0) is 57.0 Å². The summed E-state index contributed by atoms with van der Waals surface area (Å²) in [7, 11) is 0. The van der Waals surface area contributed by atoms with Gasteiger partial charge in [0.15, 0.2) is 5.65 Å². The van der Waals surface area contributed by atoms with Crippen molar-refractivity contribution < 1.29 is 18.3 Å². The van der Waals surface area contributed by atoms with Crippen molar-refractivity contribution in [3.8, 4) is 11.1 Å². The van der Waals surface area contributed by atoms with E-state index < -0.39 is 23.2 Å². The lowest BCUT2D eigenvalue weighted by atomic mass is 10.00. The first-order chi connectivity index (χ1) is 17.1. The summed E-state index contributed by atoms with van der Waals surface area (Å²) in [6.07, 6.45) is 4.62. The molecule has 36 heavy (non-hydrogen) atoms. The van der Waals surface area contributed by atoms with Gasteiger partial charge in [0.2, 0.25) is 5.95 Å². The molecule has 1 aliphatic heterocycles. The average molecular weight is 496 g/mol. The molecule has 3 aromatic heterocycles. The Kier molecular flexibility index (Phi) is 5.95. The molecular formula is C25H27F2N7O2. The first kappa shape index (κ1) is 23.9. The Morgan fingerprint density at radius 3 is 2.58 bits per heavy atom. The van der Waals surface area contributed by atoms with Crippen LogP contribution in [0.4, 0.5) is 20.2 Å². The van der Waals surface area contributed by atoms with E-state index in [2.05, 4.69) is 25.5 Å². The molecule has 4 heterocycles. The van der Waals surface area contributed by atoms with Gasteiger partial charge in [-0.25, -0.2) is 9.07 Å². The number of nitrogens with zero attached hydrogens (tertiary/aromatic N) is 6. The molecular weight excluding hydrogens is 468 g/mol. The number of halogens is 2. The Hall–Kier alpha value is -3.86. The van der Waals surface area contributed by atoms with Crippen LogP contribution in [0, 0.1) is 18.7 Å². The second-order valence-corrected chi connectivity index (χ2v) is 9.81. The zero-order valence-corrected chi connectivity index (χ0v) is 20.5. The van der Waals surface area contributed by atoms with E-state index in [1.165, 1.54) is 6.07 Å². The zero-order valence-electron chi connectivity index (χ0n) is 20.5. The van der Waals surface area contributed by atoms with Crippen molar-refractivity contribution in [2.24, 2.45) is 0 Å². The van der Waals surface area contributed by atoms with Crippen LogP contribution >= 0.6 is 0 Å². The number of morpholine rings is 1. The molecule has 0 aliphatic carbocycles. The van der Waals surface area contributed by atoms with Gasteiger partial charge in [0.25, 0.3) is 5.91 Å². The Bertz CT molecular complexity index is 1450. The molecule has 0 radical (unpaired) electrons. The SMILES string of the molecule is Cc1cc(F)c(NC(=O)c2cnn(C(C)(C)C)c2F)cc1-c1cc(N2CCOCC2)c2nncn2c1. The number of carbonyl (C=O) groups is 1. The Balaban J connectivity index is 1.52. The van der Waals surface area contributed by atoms with Crippen molar-refractivity contribution in [3.05, 3.63) is 59.8 Å². The quantitative estimate of drug-likeness (QED) is 0.460. The van der Waals surface area contributed by atoms with Crippen LogP contribution in [0.25, 0.3) is 16.8 Å². The second-order valence-electron chi connectivity index (χ2n) is 9.81. The van der Waals surface area contributed by atoms with E-state index >= 15 is 0 Å². The molecule has 1 fully saturated rings. The second kappa shape index (κ2) is 8.98. The topological polar surface area (TPSA) is 89.6 Å². The number of fused-ring (bicyclic) bond motifs is 1. The van der Waals surface area contributed by atoms with Gasteiger partial charge in [0.1, 0.15) is 17.7 Å². The normalized spacial score (nSPS) is 14.4. The summed E-state index contributed by atoms with van der Waals surface area (Å²) in [5.41, 5.74) is 2.82. The maximum atomic E-state index is 14.9. The molecule has 11 heteroatoms. The summed E-state index contributed by atoms with van der Waals surface area (Å²) >= 11 is 0. The van der Waals surface area contributed by atoms with Crippen molar-refractivity contribution in [1.29, 1.82) is 0 Å². The van der Waals surface area contributed by atoms with Gasteiger partial charge in [-0.2, -0.15) is 9.49 Å². The third-order valence-corrected chi connectivity index (χ3v) is 6.19. The van der Waals surface area contributed by atoms with Gasteiger partial charge in [-0.3, -0.25) is 9.20 Å². The Morgan fingerprint density at radius 1 is 1.14 bits per heavy atom. The highest BCUT2D eigenvalue weighted by Crippen LogP contribution is 2.33. The minimum absolute atomic E-state index is 0.0553. The lowest BCUT2D eigenvalue weighted by molar-refractivity contribution is 0.102. The summed E-state index contributed by atoms with van der Waals surface area (Å²) < 4.78 is 38.2. The van der Waals surface area contributed by atoms with Crippen LogP contribution in [-0.4, -0.2) is 56.6 Å². The fourth-order valence-corrected chi connectivity index (χ4v) is 4.33. The van der Waals surface area contributed by atoms with E-state index in [9.17, 15) is 13.6 Å². The number of hydrogen-bond donors (Lipinski definition) is 1. The number of anilines is 2. The van der Waals surface area contributed by atoms with E-state index in [0.717, 1.165) is 22.1 Å². The van der Waals surface area contributed by atoms with Crippen LogP contribution in [0.15, 0.2) is 36.9 Å². The number of aromatic nitrogens is 5. The van der Waals surface area contributed by atoms with Gasteiger partial charge in [0, 0.05) is 24.8 Å². The number of hydrogen-bond acceptors (Lipinski definition) is 6. The number of amides is 1. The molecule has 5 rings (SSSR count). The number of aryl methyl sites for hydroxylation is 1. The van der Waals surface area contributed by atoms with Crippen molar-refractivity contribution in [1.82, 2.24) is 24.4 Å². The van der Waals surface area contributed by atoms with Crippen LogP contribution in [0.5, 0.6) is 0 Å². The predicted octanol–water partition coefficient (Wildman–Crippen LogP) is 4.02. The van der Waals surface area contributed by atoms with Gasteiger partial charge in [0.05, 0.1) is 36.3 Å². The highest BCUT2D eigenvalue weighted by Gasteiger charge is 2.25. The molecule has 9 nitrogen and oxygen atoms in total. The maximum absolute atomic E-state index is 14.9. The van der Waals surface area contributed by atoms with Gasteiger partial charge >= 0.3 is 0 Å². The highest BCUT2D eigenvalue weighted by atomic mass is 19.1. The highest BCUT2D eigenvalue weighted by molar-refractivity contribution is 6.04. The molecule has 1 N–H and O–H groups in total. The fraction of sp³-hybridized carbons (Fsp3) is 0.360. The number of nitrogens with one attached hydrogen (secondary N) is 1. The Labute approximate surface area is 206 Å². The third-order valence-electron chi connectivity index (χ3n) is 6.19. The molecule has 0 unspecified atom stereocenters. The summed E-state index contributed by atoms with van der Waals surface area (Å²) in [6.45, 7) is 9.75. The van der Waals surface area contributed by atoms with Crippen molar-refractivity contribution in [2.45, 2.75) is 33.2 Å². The number of rotatable bonds is 4. The van der Waals surface area contributed by atoms with Crippen molar-refractivity contribution in [2.75, 3.05) is 36.5 Å².